The lowest BCUT2D eigenvalue weighted by atomic mass is 10.2. The van der Waals surface area contributed by atoms with E-state index in [0.717, 1.165) is 5.56 Å². The van der Waals surface area contributed by atoms with E-state index >= 15 is 0 Å². The second-order valence-corrected chi connectivity index (χ2v) is 6.31. The molecule has 0 aliphatic carbocycles. The number of benzene rings is 2. The van der Waals surface area contributed by atoms with E-state index in [9.17, 15) is 4.39 Å². The molecule has 0 saturated heterocycles. The summed E-state index contributed by atoms with van der Waals surface area (Å²) < 4.78 is 25.3. The zero-order valence-corrected chi connectivity index (χ0v) is 15.9. The van der Waals surface area contributed by atoms with Crippen molar-refractivity contribution in [2.24, 2.45) is 0 Å². The average Bonchev–Trinajstić information content (AvgIpc) is 3.16. The number of H-pyrrole nitrogens is 1. The molecule has 0 fully saturated rings. The van der Waals surface area contributed by atoms with Crippen LogP contribution < -0.4 is 14.8 Å². The van der Waals surface area contributed by atoms with Gasteiger partial charge < -0.3 is 14.8 Å². The Morgan fingerprint density at radius 2 is 1.96 bits per heavy atom. The molecule has 6 nitrogen and oxygen atoms in total. The van der Waals surface area contributed by atoms with Crippen molar-refractivity contribution in [1.29, 1.82) is 0 Å². The van der Waals surface area contributed by atoms with Crippen LogP contribution in [0.3, 0.4) is 0 Å². The molecule has 0 amide bonds. The van der Waals surface area contributed by atoms with E-state index in [4.69, 9.17) is 32.7 Å². The smallest absolute Gasteiger partial charge is 0.218 e. The van der Waals surface area contributed by atoms with Gasteiger partial charge >= 0.3 is 0 Å². The molecule has 0 bridgehead atoms. The molecule has 0 saturated carbocycles. The Bertz CT molecular complexity index is 886. The molecule has 0 spiro atoms. The summed E-state index contributed by atoms with van der Waals surface area (Å²) in [6.07, 6.45) is 1.40. The molecule has 0 aliphatic heterocycles. The van der Waals surface area contributed by atoms with Gasteiger partial charge in [0.15, 0.2) is 11.5 Å². The fourth-order valence-corrected chi connectivity index (χ4v) is 2.82. The van der Waals surface area contributed by atoms with E-state index in [-0.39, 0.29) is 12.2 Å². The summed E-state index contributed by atoms with van der Waals surface area (Å²) in [5.41, 5.74) is 1.06. The van der Waals surface area contributed by atoms with Crippen LogP contribution in [-0.2, 0) is 13.2 Å². The summed E-state index contributed by atoms with van der Waals surface area (Å²) in [7, 11) is 0. The molecule has 142 valence electrons. The van der Waals surface area contributed by atoms with Gasteiger partial charge in [-0.3, -0.25) is 0 Å². The molecule has 1 aromatic heterocycles. The quantitative estimate of drug-likeness (QED) is 0.555. The Kier molecular flexibility index (Phi) is 6.36. The summed E-state index contributed by atoms with van der Waals surface area (Å²) in [4.78, 5) is 3.99. The molecule has 0 atom stereocenters. The molecule has 0 radical (unpaired) electrons. The highest BCUT2D eigenvalue weighted by atomic mass is 35.5. The number of ether oxygens (including phenoxy) is 2. The Hall–Kier alpha value is -2.51. The number of nitrogens with one attached hydrogen (secondary N) is 2. The minimum absolute atomic E-state index is 0.0441. The van der Waals surface area contributed by atoms with E-state index in [2.05, 4.69) is 20.5 Å². The second kappa shape index (κ2) is 8.92. The normalized spacial score (nSPS) is 10.7. The van der Waals surface area contributed by atoms with Crippen LogP contribution in [0.4, 0.5) is 10.3 Å². The number of aromatic nitrogens is 3. The fourth-order valence-electron chi connectivity index (χ4n) is 2.38. The van der Waals surface area contributed by atoms with Crippen molar-refractivity contribution in [2.45, 2.75) is 20.1 Å². The van der Waals surface area contributed by atoms with Crippen LogP contribution in [0.2, 0.25) is 10.0 Å². The molecule has 0 unspecified atom stereocenters. The highest BCUT2D eigenvalue weighted by Gasteiger charge is 2.14. The van der Waals surface area contributed by atoms with E-state index in [0.29, 0.717) is 40.6 Å². The summed E-state index contributed by atoms with van der Waals surface area (Å²) in [5.74, 6) is 1.01. The standard InChI is InChI=1S/C18H17Cl2FN4O2/c1-2-26-16-6-11(8-22-18-23-10-24-25-18)14(20)7-17(16)27-9-12-13(19)4-3-5-15(12)21/h3-7,10H,2,8-9H2,1H3,(H2,22,23,24,25). The lowest BCUT2D eigenvalue weighted by molar-refractivity contribution is 0.265. The first-order chi connectivity index (χ1) is 13.1. The predicted molar refractivity (Wildman–Crippen MR) is 102 cm³/mol. The maximum atomic E-state index is 13.9. The number of halogens is 3. The summed E-state index contributed by atoms with van der Waals surface area (Å²) in [6, 6.07) is 7.89. The van der Waals surface area contributed by atoms with Crippen LogP contribution in [0, 0.1) is 5.82 Å². The highest BCUT2D eigenvalue weighted by Crippen LogP contribution is 2.35. The second-order valence-electron chi connectivity index (χ2n) is 5.50. The van der Waals surface area contributed by atoms with Crippen LogP contribution in [-0.4, -0.2) is 21.8 Å². The Balaban J connectivity index is 1.78. The van der Waals surface area contributed by atoms with Gasteiger partial charge in [-0.2, -0.15) is 5.10 Å². The topological polar surface area (TPSA) is 72.1 Å². The van der Waals surface area contributed by atoms with Gasteiger partial charge in [0.1, 0.15) is 18.8 Å². The number of rotatable bonds is 8. The maximum Gasteiger partial charge on any atom is 0.218 e. The van der Waals surface area contributed by atoms with Crippen molar-refractivity contribution in [3.63, 3.8) is 0 Å². The molecule has 3 aromatic rings. The third kappa shape index (κ3) is 4.81. The first-order valence-corrected chi connectivity index (χ1v) is 8.94. The van der Waals surface area contributed by atoms with Crippen molar-refractivity contribution in [3.8, 4) is 11.5 Å². The van der Waals surface area contributed by atoms with Crippen molar-refractivity contribution >= 4 is 29.2 Å². The van der Waals surface area contributed by atoms with Crippen LogP contribution in [0.15, 0.2) is 36.7 Å². The zero-order valence-electron chi connectivity index (χ0n) is 14.4. The van der Waals surface area contributed by atoms with Gasteiger partial charge in [-0.05, 0) is 30.7 Å². The van der Waals surface area contributed by atoms with E-state index in [1.54, 1.807) is 24.3 Å². The lowest BCUT2D eigenvalue weighted by Gasteiger charge is -2.16. The van der Waals surface area contributed by atoms with Crippen molar-refractivity contribution < 1.29 is 13.9 Å². The Labute approximate surface area is 165 Å². The number of nitrogens with zero attached hydrogens (tertiary/aromatic N) is 2. The SMILES string of the molecule is CCOc1cc(CNc2ncn[nH]2)c(Cl)cc1OCc1c(F)cccc1Cl. The molecule has 3 rings (SSSR count). The molecule has 1 heterocycles. The minimum atomic E-state index is -0.431. The third-order valence-electron chi connectivity index (χ3n) is 3.71. The fraction of sp³-hybridized carbons (Fsp3) is 0.222. The molecule has 0 aliphatic rings. The van der Waals surface area contributed by atoms with E-state index < -0.39 is 5.82 Å². The summed E-state index contributed by atoms with van der Waals surface area (Å²) in [6.45, 7) is 2.66. The van der Waals surface area contributed by atoms with Crippen molar-refractivity contribution in [2.75, 3.05) is 11.9 Å². The van der Waals surface area contributed by atoms with E-state index in [1.165, 1.54) is 12.4 Å². The molecular formula is C18H17Cl2FN4O2. The van der Waals surface area contributed by atoms with Crippen LogP contribution in [0.5, 0.6) is 11.5 Å². The Morgan fingerprint density at radius 1 is 1.15 bits per heavy atom. The minimum Gasteiger partial charge on any atom is -0.490 e. The van der Waals surface area contributed by atoms with Gasteiger partial charge in [0.2, 0.25) is 5.95 Å². The molecule has 2 N–H and O–H groups in total. The average molecular weight is 411 g/mol. The third-order valence-corrected chi connectivity index (χ3v) is 4.41. The van der Waals surface area contributed by atoms with Crippen LogP contribution in [0.25, 0.3) is 0 Å². The summed E-state index contributed by atoms with van der Waals surface area (Å²) >= 11 is 12.4. The van der Waals surface area contributed by atoms with Crippen LogP contribution in [0.1, 0.15) is 18.1 Å². The predicted octanol–water partition coefficient (Wildman–Crippen LogP) is 4.84. The number of anilines is 1. The number of hydrogen-bond donors (Lipinski definition) is 2. The Morgan fingerprint density at radius 3 is 2.67 bits per heavy atom. The molecule has 9 heteroatoms. The van der Waals surface area contributed by atoms with Gasteiger partial charge in [0.05, 0.1) is 11.6 Å². The number of aromatic amines is 1. The van der Waals surface area contributed by atoms with Crippen molar-refractivity contribution in [3.05, 3.63) is 63.6 Å². The lowest BCUT2D eigenvalue weighted by Crippen LogP contribution is -2.05. The first-order valence-electron chi connectivity index (χ1n) is 8.18. The van der Waals surface area contributed by atoms with Crippen LogP contribution >= 0.6 is 23.2 Å². The number of hydrogen-bond acceptors (Lipinski definition) is 5. The van der Waals surface area contributed by atoms with Gasteiger partial charge in [-0.1, -0.05) is 29.3 Å². The highest BCUT2D eigenvalue weighted by molar-refractivity contribution is 6.31. The van der Waals surface area contributed by atoms with Gasteiger partial charge in [-0.25, -0.2) is 14.5 Å². The first kappa shape index (κ1) is 19.3. The monoisotopic (exact) mass is 410 g/mol. The summed E-state index contributed by atoms with van der Waals surface area (Å²) in [5, 5.41) is 10.3. The maximum absolute atomic E-state index is 13.9. The van der Waals surface area contributed by atoms with Gasteiger partial charge in [-0.15, -0.1) is 0 Å². The van der Waals surface area contributed by atoms with E-state index in [1.807, 2.05) is 6.92 Å². The van der Waals surface area contributed by atoms with Crippen molar-refractivity contribution in [1.82, 2.24) is 15.2 Å². The largest absolute Gasteiger partial charge is 0.490 e. The molecule has 27 heavy (non-hydrogen) atoms. The van der Waals surface area contributed by atoms with Gasteiger partial charge in [0.25, 0.3) is 0 Å². The molecular weight excluding hydrogens is 394 g/mol. The van der Waals surface area contributed by atoms with Gasteiger partial charge in [0, 0.05) is 23.2 Å². The molecule has 2 aromatic carbocycles. The zero-order chi connectivity index (χ0) is 19.2.